The molecular formula is C17H15IN4OS. The average molecular weight is 450 g/mol. The van der Waals surface area contributed by atoms with Gasteiger partial charge in [-0.05, 0) is 53.3 Å². The van der Waals surface area contributed by atoms with Gasteiger partial charge in [-0.3, -0.25) is 9.69 Å². The Bertz CT molecular complexity index is 898. The summed E-state index contributed by atoms with van der Waals surface area (Å²) in [7, 11) is 1.64. The molecule has 3 rings (SSSR count). The summed E-state index contributed by atoms with van der Waals surface area (Å²) in [5.74, 6) is 0.201. The number of aliphatic imine (C=N–C) groups is 1. The number of carbonyl (C=O) groups excluding carboxylic acids is 1. The first-order chi connectivity index (χ1) is 11.3. The highest BCUT2D eigenvalue weighted by atomic mass is 127. The van der Waals surface area contributed by atoms with E-state index in [1.165, 1.54) is 4.90 Å². The van der Waals surface area contributed by atoms with E-state index < -0.39 is 5.54 Å². The number of halogens is 1. The van der Waals surface area contributed by atoms with Crippen LogP contribution in [-0.4, -0.2) is 23.8 Å². The number of carbonyl (C=O) groups is 1. The van der Waals surface area contributed by atoms with Crippen LogP contribution in [-0.2, 0) is 10.3 Å². The van der Waals surface area contributed by atoms with Crippen LogP contribution in [0.1, 0.15) is 23.8 Å². The largest absolute Gasteiger partial charge is 0.369 e. The van der Waals surface area contributed by atoms with Gasteiger partial charge < -0.3 is 5.73 Å². The third-order valence-corrected chi connectivity index (χ3v) is 6.51. The third-order valence-electron chi connectivity index (χ3n) is 4.09. The van der Waals surface area contributed by atoms with Crippen LogP contribution in [0.4, 0.5) is 0 Å². The zero-order valence-electron chi connectivity index (χ0n) is 13.2. The number of nitrogens with two attached hydrogens (primary N) is 1. The molecule has 0 saturated carbocycles. The maximum atomic E-state index is 12.2. The van der Waals surface area contributed by atoms with E-state index in [4.69, 9.17) is 11.0 Å². The smallest absolute Gasteiger partial charge is 0.231 e. The molecule has 1 aromatic carbocycles. The highest BCUT2D eigenvalue weighted by Gasteiger charge is 2.37. The van der Waals surface area contributed by atoms with Crippen LogP contribution >= 0.6 is 33.9 Å². The van der Waals surface area contributed by atoms with E-state index in [9.17, 15) is 4.79 Å². The molecule has 0 bridgehead atoms. The predicted octanol–water partition coefficient (Wildman–Crippen LogP) is 3.28. The van der Waals surface area contributed by atoms with Gasteiger partial charge in [0.15, 0.2) is 5.96 Å². The van der Waals surface area contributed by atoms with Crippen LogP contribution in [0.25, 0.3) is 11.1 Å². The molecule has 1 aliphatic rings. The van der Waals surface area contributed by atoms with Crippen LogP contribution in [0.3, 0.4) is 0 Å². The third kappa shape index (κ3) is 2.91. The molecule has 0 spiro atoms. The first kappa shape index (κ1) is 16.9. The molecule has 1 amide bonds. The van der Waals surface area contributed by atoms with E-state index in [1.807, 2.05) is 25.1 Å². The van der Waals surface area contributed by atoms with Crippen molar-refractivity contribution in [2.75, 3.05) is 7.05 Å². The SMILES string of the molecule is CN1C(=O)C[C@@](C)(c2cc(-c3cccc(C#N)c3)c(I)s2)N=C1N. The van der Waals surface area contributed by atoms with Crippen molar-refractivity contribution in [2.24, 2.45) is 10.7 Å². The second-order valence-corrected chi connectivity index (χ2v) is 8.73. The molecule has 0 radical (unpaired) electrons. The molecule has 2 aromatic rings. The Morgan fingerprint density at radius 1 is 1.46 bits per heavy atom. The molecule has 24 heavy (non-hydrogen) atoms. The Morgan fingerprint density at radius 3 is 2.88 bits per heavy atom. The number of guanidine groups is 1. The van der Waals surface area contributed by atoms with Gasteiger partial charge in [0.2, 0.25) is 5.91 Å². The molecule has 1 atom stereocenters. The molecular weight excluding hydrogens is 435 g/mol. The summed E-state index contributed by atoms with van der Waals surface area (Å²) >= 11 is 3.89. The maximum Gasteiger partial charge on any atom is 0.231 e. The molecule has 0 unspecified atom stereocenters. The fourth-order valence-electron chi connectivity index (χ4n) is 2.64. The molecule has 122 valence electrons. The Hall–Kier alpha value is -1.92. The number of benzene rings is 1. The van der Waals surface area contributed by atoms with Crippen molar-refractivity contribution < 1.29 is 4.79 Å². The van der Waals surface area contributed by atoms with E-state index in [2.05, 4.69) is 39.7 Å². The van der Waals surface area contributed by atoms with E-state index in [-0.39, 0.29) is 11.9 Å². The summed E-state index contributed by atoms with van der Waals surface area (Å²) in [5.41, 5.74) is 7.91. The van der Waals surface area contributed by atoms with Crippen LogP contribution in [0.5, 0.6) is 0 Å². The minimum atomic E-state index is -0.649. The van der Waals surface area contributed by atoms with E-state index in [0.717, 1.165) is 18.9 Å². The zero-order chi connectivity index (χ0) is 17.5. The van der Waals surface area contributed by atoms with Gasteiger partial charge in [-0.25, -0.2) is 4.99 Å². The standard InChI is InChI=1S/C17H15IN4OS/c1-17(8-14(23)22(2)16(20)21-17)13-7-12(15(18)24-13)11-5-3-4-10(6-11)9-19/h3-7H,8H2,1-2H3,(H2,20,21)/t17-/m0/s1. The molecule has 0 saturated heterocycles. The Labute approximate surface area is 157 Å². The fraction of sp³-hybridized carbons (Fsp3) is 0.235. The van der Waals surface area contributed by atoms with Crippen molar-refractivity contribution in [2.45, 2.75) is 18.9 Å². The van der Waals surface area contributed by atoms with E-state index in [0.29, 0.717) is 12.0 Å². The summed E-state index contributed by atoms with van der Waals surface area (Å²) in [6.45, 7) is 1.93. The van der Waals surface area contributed by atoms with Crippen LogP contribution in [0, 0.1) is 14.2 Å². The van der Waals surface area contributed by atoms with Gasteiger partial charge in [-0.1, -0.05) is 12.1 Å². The normalized spacial score (nSPS) is 20.7. The van der Waals surface area contributed by atoms with Crippen molar-refractivity contribution in [3.05, 3.63) is 43.7 Å². The lowest BCUT2D eigenvalue weighted by Crippen LogP contribution is -2.47. The predicted molar refractivity (Wildman–Crippen MR) is 104 cm³/mol. The van der Waals surface area contributed by atoms with Gasteiger partial charge in [0.25, 0.3) is 0 Å². The molecule has 0 fully saturated rings. The van der Waals surface area contributed by atoms with Crippen molar-refractivity contribution in [1.82, 2.24) is 4.90 Å². The van der Waals surface area contributed by atoms with Crippen molar-refractivity contribution in [3.63, 3.8) is 0 Å². The zero-order valence-corrected chi connectivity index (χ0v) is 16.2. The number of nitriles is 1. The van der Waals surface area contributed by atoms with Crippen molar-refractivity contribution in [1.29, 1.82) is 5.26 Å². The molecule has 0 aliphatic carbocycles. The van der Waals surface area contributed by atoms with Crippen LogP contribution in [0.2, 0.25) is 0 Å². The van der Waals surface area contributed by atoms with Gasteiger partial charge in [0.1, 0.15) is 5.54 Å². The number of hydrogen-bond acceptors (Lipinski definition) is 5. The minimum Gasteiger partial charge on any atom is -0.369 e. The average Bonchev–Trinajstić information content (AvgIpc) is 2.95. The van der Waals surface area contributed by atoms with Gasteiger partial charge in [-0.2, -0.15) is 5.26 Å². The minimum absolute atomic E-state index is 0.0403. The first-order valence-electron chi connectivity index (χ1n) is 7.26. The lowest BCUT2D eigenvalue weighted by atomic mass is 9.93. The van der Waals surface area contributed by atoms with Gasteiger partial charge in [0.05, 0.1) is 20.9 Å². The number of amides is 1. The number of hydrogen-bond donors (Lipinski definition) is 1. The quantitative estimate of drug-likeness (QED) is 0.713. The first-order valence-corrected chi connectivity index (χ1v) is 9.16. The molecule has 1 aromatic heterocycles. The molecule has 2 heterocycles. The molecule has 2 N–H and O–H groups in total. The summed E-state index contributed by atoms with van der Waals surface area (Å²) in [5, 5.41) is 9.09. The topological polar surface area (TPSA) is 82.5 Å². The summed E-state index contributed by atoms with van der Waals surface area (Å²) in [6.07, 6.45) is 0.290. The van der Waals surface area contributed by atoms with Crippen LogP contribution in [0.15, 0.2) is 35.3 Å². The van der Waals surface area contributed by atoms with Crippen LogP contribution < -0.4 is 5.73 Å². The summed E-state index contributed by atoms with van der Waals surface area (Å²) in [4.78, 5) is 19.1. The second-order valence-electron chi connectivity index (χ2n) is 5.86. The number of nitrogens with zero attached hydrogens (tertiary/aromatic N) is 3. The van der Waals surface area contributed by atoms with Crippen molar-refractivity contribution >= 4 is 45.8 Å². The van der Waals surface area contributed by atoms with Crippen molar-refractivity contribution in [3.8, 4) is 17.2 Å². The van der Waals surface area contributed by atoms with E-state index >= 15 is 0 Å². The number of thiophene rings is 1. The van der Waals surface area contributed by atoms with E-state index in [1.54, 1.807) is 24.5 Å². The van der Waals surface area contributed by atoms with Gasteiger partial charge in [-0.15, -0.1) is 11.3 Å². The Kier molecular flexibility index (Phi) is 4.36. The van der Waals surface area contributed by atoms with Gasteiger partial charge in [0, 0.05) is 17.5 Å². The summed E-state index contributed by atoms with van der Waals surface area (Å²) < 4.78 is 1.10. The highest BCUT2D eigenvalue weighted by molar-refractivity contribution is 14.1. The number of rotatable bonds is 2. The fourth-order valence-corrected chi connectivity index (χ4v) is 4.81. The lowest BCUT2D eigenvalue weighted by Gasteiger charge is -2.32. The van der Waals surface area contributed by atoms with Gasteiger partial charge >= 0.3 is 0 Å². The second kappa shape index (κ2) is 6.18. The molecule has 1 aliphatic heterocycles. The Balaban J connectivity index is 2.06. The maximum absolute atomic E-state index is 12.2. The monoisotopic (exact) mass is 450 g/mol. The lowest BCUT2D eigenvalue weighted by molar-refractivity contribution is -0.128. The molecule has 5 nitrogen and oxygen atoms in total. The molecule has 7 heteroatoms. The Morgan fingerprint density at radius 2 is 2.21 bits per heavy atom. The highest BCUT2D eigenvalue weighted by Crippen LogP contribution is 2.42. The summed E-state index contributed by atoms with van der Waals surface area (Å²) in [6, 6.07) is 11.7.